The molecule has 0 radical (unpaired) electrons. The maximum absolute atomic E-state index is 13.0. The SMILES string of the molecule is CC(C)Cn1c(N)c(C(=O)CSc2nnc(Cc3cccs3)n2C2CC2)c(=O)n(C)c1=O. The van der Waals surface area contributed by atoms with Gasteiger partial charge in [-0.05, 0) is 30.2 Å². The summed E-state index contributed by atoms with van der Waals surface area (Å²) in [5.74, 6) is 0.508. The molecular weight excluding hydrogens is 448 g/mol. The van der Waals surface area contributed by atoms with Crippen molar-refractivity contribution in [2.45, 2.75) is 50.9 Å². The molecule has 11 heteroatoms. The molecule has 3 aromatic heterocycles. The molecule has 0 atom stereocenters. The second kappa shape index (κ2) is 9.07. The molecule has 0 spiro atoms. The predicted molar refractivity (Wildman–Crippen MR) is 126 cm³/mol. The first-order chi connectivity index (χ1) is 15.3. The smallest absolute Gasteiger partial charge is 0.332 e. The van der Waals surface area contributed by atoms with Gasteiger partial charge in [0.25, 0.3) is 5.56 Å². The fraction of sp³-hybridized carbons (Fsp3) is 0.476. The molecule has 1 saturated carbocycles. The molecule has 2 N–H and O–H groups in total. The summed E-state index contributed by atoms with van der Waals surface area (Å²) in [4.78, 5) is 39.4. The van der Waals surface area contributed by atoms with Gasteiger partial charge in [-0.1, -0.05) is 31.7 Å². The number of ketones is 1. The molecular formula is C21H26N6O3S2. The summed E-state index contributed by atoms with van der Waals surface area (Å²) in [6.45, 7) is 4.20. The lowest BCUT2D eigenvalue weighted by Crippen LogP contribution is -2.43. The number of rotatable bonds is 9. The Kier molecular flexibility index (Phi) is 6.38. The fourth-order valence-electron chi connectivity index (χ4n) is 3.58. The lowest BCUT2D eigenvalue weighted by molar-refractivity contribution is 0.102. The highest BCUT2D eigenvalue weighted by molar-refractivity contribution is 7.99. The first-order valence-corrected chi connectivity index (χ1v) is 12.4. The van der Waals surface area contributed by atoms with Gasteiger partial charge in [0.15, 0.2) is 10.9 Å². The highest BCUT2D eigenvalue weighted by Gasteiger charge is 2.30. The van der Waals surface area contributed by atoms with E-state index < -0.39 is 17.0 Å². The molecule has 32 heavy (non-hydrogen) atoms. The zero-order valence-electron chi connectivity index (χ0n) is 18.3. The first-order valence-electron chi connectivity index (χ1n) is 10.5. The standard InChI is InChI=1S/C21H26N6O3S2/c1-12(2)10-26-18(22)17(19(29)25(3)21(26)30)15(28)11-32-20-24-23-16(27(20)13-6-7-13)9-14-5-4-8-31-14/h4-5,8,12-13H,6-7,9-11,22H2,1-3H3. The lowest BCUT2D eigenvalue weighted by atomic mass is 10.2. The Bertz CT molecular complexity index is 1250. The van der Waals surface area contributed by atoms with E-state index in [0.29, 0.717) is 24.2 Å². The monoisotopic (exact) mass is 474 g/mol. The van der Waals surface area contributed by atoms with E-state index in [2.05, 4.69) is 20.8 Å². The summed E-state index contributed by atoms with van der Waals surface area (Å²) < 4.78 is 4.36. The van der Waals surface area contributed by atoms with Gasteiger partial charge in [-0.2, -0.15) is 0 Å². The van der Waals surface area contributed by atoms with Crippen molar-refractivity contribution in [1.29, 1.82) is 0 Å². The zero-order valence-corrected chi connectivity index (χ0v) is 19.9. The van der Waals surface area contributed by atoms with Crippen molar-refractivity contribution in [3.8, 4) is 0 Å². The summed E-state index contributed by atoms with van der Waals surface area (Å²) in [7, 11) is 1.37. The Morgan fingerprint density at radius 1 is 1.31 bits per heavy atom. The van der Waals surface area contributed by atoms with Gasteiger partial charge in [0.05, 0.1) is 5.75 Å². The molecule has 4 rings (SSSR count). The van der Waals surface area contributed by atoms with E-state index in [9.17, 15) is 14.4 Å². The van der Waals surface area contributed by atoms with Gasteiger partial charge in [0.2, 0.25) is 0 Å². The molecule has 9 nitrogen and oxygen atoms in total. The van der Waals surface area contributed by atoms with E-state index in [-0.39, 0.29) is 23.1 Å². The number of anilines is 1. The van der Waals surface area contributed by atoms with E-state index >= 15 is 0 Å². The molecule has 0 unspecified atom stereocenters. The molecule has 1 aliphatic carbocycles. The fourth-order valence-corrected chi connectivity index (χ4v) is 5.18. The van der Waals surface area contributed by atoms with Crippen molar-refractivity contribution in [1.82, 2.24) is 23.9 Å². The van der Waals surface area contributed by atoms with Gasteiger partial charge in [0.1, 0.15) is 17.2 Å². The third-order valence-electron chi connectivity index (χ3n) is 5.30. The van der Waals surface area contributed by atoms with Gasteiger partial charge in [0, 0.05) is 30.9 Å². The number of Topliss-reactive ketones (excluding diaryl/α,β-unsaturated/α-hetero) is 1. The average molecular weight is 475 g/mol. The van der Waals surface area contributed by atoms with E-state index in [1.165, 1.54) is 28.3 Å². The summed E-state index contributed by atoms with van der Waals surface area (Å²) in [5, 5.41) is 11.4. The number of thioether (sulfide) groups is 1. The minimum absolute atomic E-state index is 0.0107. The molecule has 0 bridgehead atoms. The van der Waals surface area contributed by atoms with Crippen LogP contribution in [0, 0.1) is 5.92 Å². The van der Waals surface area contributed by atoms with Crippen LogP contribution in [0.3, 0.4) is 0 Å². The number of nitrogens with two attached hydrogens (primary N) is 1. The third-order valence-corrected chi connectivity index (χ3v) is 7.12. The molecule has 0 amide bonds. The third kappa shape index (κ3) is 4.44. The van der Waals surface area contributed by atoms with Gasteiger partial charge in [-0.15, -0.1) is 21.5 Å². The number of nitrogen functional groups attached to an aromatic ring is 1. The summed E-state index contributed by atoms with van der Waals surface area (Å²) in [6.07, 6.45) is 2.82. The second-order valence-corrected chi connectivity index (χ2v) is 10.4. The normalized spacial score (nSPS) is 13.8. The van der Waals surface area contributed by atoms with Crippen LogP contribution in [0.2, 0.25) is 0 Å². The Morgan fingerprint density at radius 2 is 2.06 bits per heavy atom. The van der Waals surface area contributed by atoms with Crippen LogP contribution in [0.15, 0.2) is 32.3 Å². The van der Waals surface area contributed by atoms with Gasteiger partial charge in [-0.3, -0.25) is 18.7 Å². The summed E-state index contributed by atoms with van der Waals surface area (Å²) in [6, 6.07) is 4.43. The van der Waals surface area contributed by atoms with Crippen LogP contribution in [0.4, 0.5) is 5.82 Å². The Balaban J connectivity index is 1.58. The molecule has 0 aromatic carbocycles. The molecule has 0 aliphatic heterocycles. The number of hydrogen-bond donors (Lipinski definition) is 1. The molecule has 0 saturated heterocycles. The van der Waals surface area contributed by atoms with Crippen LogP contribution < -0.4 is 17.0 Å². The quantitative estimate of drug-likeness (QED) is 0.373. The van der Waals surface area contributed by atoms with Crippen molar-refractivity contribution in [3.05, 3.63) is 54.6 Å². The van der Waals surface area contributed by atoms with E-state index in [0.717, 1.165) is 23.2 Å². The maximum atomic E-state index is 13.0. The van der Waals surface area contributed by atoms with E-state index in [1.54, 1.807) is 11.3 Å². The van der Waals surface area contributed by atoms with Crippen molar-refractivity contribution >= 4 is 34.7 Å². The van der Waals surface area contributed by atoms with Gasteiger partial charge >= 0.3 is 5.69 Å². The Morgan fingerprint density at radius 3 is 2.69 bits per heavy atom. The van der Waals surface area contributed by atoms with Crippen molar-refractivity contribution in [2.24, 2.45) is 13.0 Å². The van der Waals surface area contributed by atoms with Crippen molar-refractivity contribution < 1.29 is 4.79 Å². The highest BCUT2D eigenvalue weighted by Crippen LogP contribution is 2.39. The predicted octanol–water partition coefficient (Wildman–Crippen LogP) is 2.34. The number of carbonyl (C=O) groups is 1. The van der Waals surface area contributed by atoms with Gasteiger partial charge < -0.3 is 10.3 Å². The van der Waals surface area contributed by atoms with Crippen LogP contribution in [0.1, 0.15) is 53.8 Å². The Labute approximate surface area is 193 Å². The summed E-state index contributed by atoms with van der Waals surface area (Å²) >= 11 is 2.92. The molecule has 3 aromatic rings. The Hall–Kier alpha value is -2.66. The van der Waals surface area contributed by atoms with Gasteiger partial charge in [-0.25, -0.2) is 4.79 Å². The van der Waals surface area contributed by atoms with Crippen molar-refractivity contribution in [2.75, 3.05) is 11.5 Å². The lowest BCUT2D eigenvalue weighted by Gasteiger charge is -2.16. The maximum Gasteiger partial charge on any atom is 0.332 e. The number of hydrogen-bond acceptors (Lipinski definition) is 8. The number of thiophene rings is 1. The molecule has 3 heterocycles. The minimum Gasteiger partial charge on any atom is -0.384 e. The minimum atomic E-state index is -0.667. The highest BCUT2D eigenvalue weighted by atomic mass is 32.2. The molecule has 1 fully saturated rings. The first kappa shape index (κ1) is 22.5. The number of aromatic nitrogens is 5. The average Bonchev–Trinajstić information content (AvgIpc) is 3.30. The largest absolute Gasteiger partial charge is 0.384 e. The van der Waals surface area contributed by atoms with Crippen LogP contribution in [0.25, 0.3) is 0 Å². The van der Waals surface area contributed by atoms with E-state index in [1.807, 2.05) is 25.3 Å². The van der Waals surface area contributed by atoms with Crippen LogP contribution in [0.5, 0.6) is 0 Å². The number of carbonyl (C=O) groups excluding carboxylic acids is 1. The molecule has 1 aliphatic rings. The van der Waals surface area contributed by atoms with Crippen LogP contribution >= 0.6 is 23.1 Å². The van der Waals surface area contributed by atoms with Crippen LogP contribution in [-0.2, 0) is 20.0 Å². The summed E-state index contributed by atoms with van der Waals surface area (Å²) in [5.41, 5.74) is 4.80. The zero-order chi connectivity index (χ0) is 23.0. The topological polar surface area (TPSA) is 118 Å². The van der Waals surface area contributed by atoms with Crippen molar-refractivity contribution in [3.63, 3.8) is 0 Å². The molecule has 170 valence electrons. The second-order valence-electron chi connectivity index (χ2n) is 8.38. The number of nitrogens with zero attached hydrogens (tertiary/aromatic N) is 5. The van der Waals surface area contributed by atoms with E-state index in [4.69, 9.17) is 5.73 Å². The van der Waals surface area contributed by atoms with Crippen LogP contribution in [-0.4, -0.2) is 35.4 Å².